The summed E-state index contributed by atoms with van der Waals surface area (Å²) in [5.74, 6) is 0.901. The SMILES string of the molecule is CC(C)(C)C1CCCC(NCCc2cscn2)CC1. The zero-order valence-corrected chi connectivity index (χ0v) is 13.4. The first kappa shape index (κ1) is 15.0. The number of thiazole rings is 1. The zero-order valence-electron chi connectivity index (χ0n) is 12.6. The van der Waals surface area contributed by atoms with Crippen LogP contribution in [0.15, 0.2) is 10.9 Å². The summed E-state index contributed by atoms with van der Waals surface area (Å²) in [6.45, 7) is 8.27. The van der Waals surface area contributed by atoms with Crippen molar-refractivity contribution in [3.8, 4) is 0 Å². The molecular formula is C16H28N2S. The third kappa shape index (κ3) is 4.88. The summed E-state index contributed by atoms with van der Waals surface area (Å²) in [6.07, 6.45) is 7.95. The van der Waals surface area contributed by atoms with E-state index in [9.17, 15) is 0 Å². The van der Waals surface area contributed by atoms with Crippen molar-refractivity contribution in [2.45, 2.75) is 65.3 Å². The molecule has 2 unspecified atom stereocenters. The molecule has 2 nitrogen and oxygen atoms in total. The first-order valence-electron chi connectivity index (χ1n) is 7.66. The second-order valence-electron chi connectivity index (χ2n) is 6.95. The van der Waals surface area contributed by atoms with Crippen molar-refractivity contribution in [2.24, 2.45) is 11.3 Å². The molecule has 2 atom stereocenters. The van der Waals surface area contributed by atoms with Gasteiger partial charge in [-0.1, -0.05) is 27.2 Å². The molecule has 1 aromatic heterocycles. The van der Waals surface area contributed by atoms with Gasteiger partial charge in [-0.25, -0.2) is 4.98 Å². The van der Waals surface area contributed by atoms with Gasteiger partial charge < -0.3 is 5.32 Å². The van der Waals surface area contributed by atoms with Gasteiger partial charge in [0, 0.05) is 24.4 Å². The van der Waals surface area contributed by atoms with Crippen molar-refractivity contribution in [1.29, 1.82) is 0 Å². The predicted molar refractivity (Wildman–Crippen MR) is 83.6 cm³/mol. The molecule has 0 bridgehead atoms. The molecule has 108 valence electrons. The molecule has 1 heterocycles. The van der Waals surface area contributed by atoms with E-state index in [1.54, 1.807) is 11.3 Å². The van der Waals surface area contributed by atoms with Crippen LogP contribution in [0, 0.1) is 11.3 Å². The average Bonchev–Trinajstić information content (AvgIpc) is 2.72. The van der Waals surface area contributed by atoms with Gasteiger partial charge in [0.25, 0.3) is 0 Å². The Bertz CT molecular complexity index is 353. The number of nitrogens with zero attached hydrogens (tertiary/aromatic N) is 1. The lowest BCUT2D eigenvalue weighted by Crippen LogP contribution is -2.30. The fourth-order valence-electron chi connectivity index (χ4n) is 3.14. The molecule has 2 rings (SSSR count). The summed E-state index contributed by atoms with van der Waals surface area (Å²) in [5.41, 5.74) is 3.64. The van der Waals surface area contributed by atoms with Crippen LogP contribution in [0.25, 0.3) is 0 Å². The topological polar surface area (TPSA) is 24.9 Å². The van der Waals surface area contributed by atoms with E-state index in [1.807, 2.05) is 5.51 Å². The Morgan fingerprint density at radius 3 is 2.79 bits per heavy atom. The summed E-state index contributed by atoms with van der Waals surface area (Å²) >= 11 is 1.69. The van der Waals surface area contributed by atoms with E-state index >= 15 is 0 Å². The lowest BCUT2D eigenvalue weighted by atomic mass is 9.76. The van der Waals surface area contributed by atoms with Crippen molar-refractivity contribution in [1.82, 2.24) is 10.3 Å². The van der Waals surface area contributed by atoms with Crippen molar-refractivity contribution >= 4 is 11.3 Å². The van der Waals surface area contributed by atoms with Gasteiger partial charge in [-0.15, -0.1) is 11.3 Å². The third-order valence-corrected chi connectivity index (χ3v) is 5.13. The smallest absolute Gasteiger partial charge is 0.0794 e. The maximum atomic E-state index is 4.34. The molecule has 0 spiro atoms. The monoisotopic (exact) mass is 280 g/mol. The number of hydrogen-bond donors (Lipinski definition) is 1. The minimum atomic E-state index is 0.482. The van der Waals surface area contributed by atoms with Crippen LogP contribution in [-0.2, 0) is 6.42 Å². The molecule has 0 aliphatic heterocycles. The Labute approximate surface area is 122 Å². The lowest BCUT2D eigenvalue weighted by molar-refractivity contribution is 0.213. The van der Waals surface area contributed by atoms with Gasteiger partial charge in [0.05, 0.1) is 11.2 Å². The Morgan fingerprint density at radius 1 is 1.26 bits per heavy atom. The molecule has 0 saturated heterocycles. The quantitative estimate of drug-likeness (QED) is 0.833. The third-order valence-electron chi connectivity index (χ3n) is 4.49. The number of aromatic nitrogens is 1. The molecule has 3 heteroatoms. The van der Waals surface area contributed by atoms with Crippen LogP contribution in [0.4, 0.5) is 0 Å². The van der Waals surface area contributed by atoms with Crippen molar-refractivity contribution in [3.05, 3.63) is 16.6 Å². The van der Waals surface area contributed by atoms with E-state index in [1.165, 1.54) is 37.8 Å². The van der Waals surface area contributed by atoms with Gasteiger partial charge >= 0.3 is 0 Å². The van der Waals surface area contributed by atoms with Crippen LogP contribution in [0.2, 0.25) is 0 Å². The predicted octanol–water partition coefficient (Wildman–Crippen LogP) is 4.27. The summed E-state index contributed by atoms with van der Waals surface area (Å²) in [7, 11) is 0. The highest BCUT2D eigenvalue weighted by molar-refractivity contribution is 7.07. The molecule has 1 aliphatic rings. The van der Waals surface area contributed by atoms with E-state index in [-0.39, 0.29) is 0 Å². The van der Waals surface area contributed by atoms with Gasteiger partial charge in [-0.05, 0) is 37.0 Å². The highest BCUT2D eigenvalue weighted by atomic mass is 32.1. The number of hydrogen-bond acceptors (Lipinski definition) is 3. The fraction of sp³-hybridized carbons (Fsp3) is 0.812. The highest BCUT2D eigenvalue weighted by Gasteiger charge is 2.27. The van der Waals surface area contributed by atoms with Crippen molar-refractivity contribution in [2.75, 3.05) is 6.54 Å². The molecular weight excluding hydrogens is 252 g/mol. The summed E-state index contributed by atoms with van der Waals surface area (Å²) in [5, 5.41) is 5.89. The minimum absolute atomic E-state index is 0.482. The van der Waals surface area contributed by atoms with Gasteiger partial charge in [0.2, 0.25) is 0 Å². The Balaban J connectivity index is 1.71. The Kier molecular flexibility index (Phi) is 5.40. The normalized spacial score (nSPS) is 25.2. The Hall–Kier alpha value is -0.410. The summed E-state index contributed by atoms with van der Waals surface area (Å²) in [6, 6.07) is 0.728. The molecule has 1 fully saturated rings. The number of nitrogens with one attached hydrogen (secondary N) is 1. The summed E-state index contributed by atoms with van der Waals surface area (Å²) < 4.78 is 0. The first-order chi connectivity index (χ1) is 9.05. The van der Waals surface area contributed by atoms with Crippen LogP contribution >= 0.6 is 11.3 Å². The minimum Gasteiger partial charge on any atom is -0.314 e. The van der Waals surface area contributed by atoms with E-state index < -0.39 is 0 Å². The molecule has 0 radical (unpaired) electrons. The van der Waals surface area contributed by atoms with E-state index in [0.717, 1.165) is 24.9 Å². The van der Waals surface area contributed by atoms with Crippen molar-refractivity contribution in [3.63, 3.8) is 0 Å². The molecule has 0 aromatic carbocycles. The largest absolute Gasteiger partial charge is 0.314 e. The highest BCUT2D eigenvalue weighted by Crippen LogP contribution is 2.36. The first-order valence-corrected chi connectivity index (χ1v) is 8.60. The van der Waals surface area contributed by atoms with Crippen LogP contribution in [0.3, 0.4) is 0 Å². The standard InChI is InChI=1S/C16H28N2S/c1-16(2,3)13-5-4-6-14(8-7-13)17-10-9-15-11-19-12-18-15/h11-14,17H,4-10H2,1-3H3. The second-order valence-corrected chi connectivity index (χ2v) is 7.67. The van der Waals surface area contributed by atoms with Crippen LogP contribution < -0.4 is 5.32 Å². The Morgan fingerprint density at radius 2 is 2.11 bits per heavy atom. The molecule has 1 saturated carbocycles. The summed E-state index contributed by atoms with van der Waals surface area (Å²) in [4.78, 5) is 4.34. The average molecular weight is 280 g/mol. The van der Waals surface area contributed by atoms with Gasteiger partial charge in [-0.3, -0.25) is 0 Å². The molecule has 1 aliphatic carbocycles. The van der Waals surface area contributed by atoms with Gasteiger partial charge in [0.1, 0.15) is 0 Å². The van der Waals surface area contributed by atoms with Crippen molar-refractivity contribution < 1.29 is 0 Å². The fourth-order valence-corrected chi connectivity index (χ4v) is 3.73. The lowest BCUT2D eigenvalue weighted by Gasteiger charge is -2.29. The maximum Gasteiger partial charge on any atom is 0.0794 e. The molecule has 1 aromatic rings. The number of rotatable bonds is 4. The van der Waals surface area contributed by atoms with E-state index in [2.05, 4.69) is 36.5 Å². The van der Waals surface area contributed by atoms with Gasteiger partial charge in [-0.2, -0.15) is 0 Å². The van der Waals surface area contributed by atoms with E-state index in [0.29, 0.717) is 5.41 Å². The van der Waals surface area contributed by atoms with Gasteiger partial charge in [0.15, 0.2) is 0 Å². The zero-order chi connectivity index (χ0) is 13.7. The molecule has 19 heavy (non-hydrogen) atoms. The van der Waals surface area contributed by atoms with E-state index in [4.69, 9.17) is 0 Å². The maximum absolute atomic E-state index is 4.34. The van der Waals surface area contributed by atoms with Crippen LogP contribution in [0.1, 0.15) is 58.6 Å². The molecule has 0 amide bonds. The van der Waals surface area contributed by atoms with Crippen LogP contribution in [-0.4, -0.2) is 17.6 Å². The molecule has 1 N–H and O–H groups in total. The second kappa shape index (κ2) is 6.85. The van der Waals surface area contributed by atoms with Crippen LogP contribution in [0.5, 0.6) is 0 Å².